The molecule has 0 saturated heterocycles. The molecule has 1 aromatic heterocycles. The molecule has 2 N–H and O–H groups in total. The number of nitrogens with one attached hydrogen (secondary N) is 2. The normalized spacial score (nSPS) is 19.3. The minimum atomic E-state index is -0.252. The Kier molecular flexibility index (Phi) is 6.98. The molecule has 1 aromatic carbocycles. The molecule has 1 heterocycles. The lowest BCUT2D eigenvalue weighted by atomic mass is 9.88. The van der Waals surface area contributed by atoms with Gasteiger partial charge in [-0.3, -0.25) is 4.98 Å². The van der Waals surface area contributed by atoms with Crippen molar-refractivity contribution in [2.45, 2.75) is 38.7 Å². The second-order valence-corrected chi connectivity index (χ2v) is 6.72. The molecule has 7 heteroatoms. The zero-order chi connectivity index (χ0) is 18.9. The predicted molar refractivity (Wildman–Crippen MR) is 103 cm³/mol. The van der Waals surface area contributed by atoms with E-state index in [9.17, 15) is 4.79 Å². The Hall–Kier alpha value is -2.67. The van der Waals surface area contributed by atoms with E-state index >= 15 is 0 Å². The number of ether oxygens (including phenoxy) is 2. The van der Waals surface area contributed by atoms with Crippen LogP contribution in [0.3, 0.4) is 0 Å². The summed E-state index contributed by atoms with van der Waals surface area (Å²) in [6.45, 7) is 3.26. The lowest BCUT2D eigenvalue weighted by molar-refractivity contribution is -0.00232. The highest BCUT2D eigenvalue weighted by Crippen LogP contribution is 2.26. The van der Waals surface area contributed by atoms with Crippen LogP contribution in [0.2, 0.25) is 0 Å². The Morgan fingerprint density at radius 3 is 2.74 bits per heavy atom. The fourth-order valence-electron chi connectivity index (χ4n) is 3.15. The second-order valence-electron chi connectivity index (χ2n) is 6.72. The molecule has 27 heavy (non-hydrogen) atoms. The van der Waals surface area contributed by atoms with E-state index in [-0.39, 0.29) is 6.03 Å². The van der Waals surface area contributed by atoms with Crippen molar-refractivity contribution in [2.75, 3.05) is 18.5 Å². The third kappa shape index (κ3) is 6.21. The van der Waals surface area contributed by atoms with Gasteiger partial charge in [0.2, 0.25) is 5.88 Å². The van der Waals surface area contributed by atoms with Gasteiger partial charge in [0.05, 0.1) is 18.9 Å². The molecule has 0 bridgehead atoms. The summed E-state index contributed by atoms with van der Waals surface area (Å²) in [4.78, 5) is 20.0. The van der Waals surface area contributed by atoms with Crippen molar-refractivity contribution in [3.63, 3.8) is 0 Å². The standard InChI is InChI=1S/C20H26N4O3/c1-15-4-2-3-5-18(15)26-13-12-23-20(25)24-16-6-8-17(9-7-16)27-19-14-21-10-11-22-19/h6-11,14-15,18H,2-5,12-13H2,1H3,(H2,23,24,25). The Balaban J connectivity index is 1.36. The van der Waals surface area contributed by atoms with Gasteiger partial charge in [0.15, 0.2) is 0 Å². The molecule has 1 aliphatic carbocycles. The Morgan fingerprint density at radius 1 is 1.19 bits per heavy atom. The second kappa shape index (κ2) is 9.87. The first-order valence-electron chi connectivity index (χ1n) is 9.41. The lowest BCUT2D eigenvalue weighted by Crippen LogP contribution is -2.34. The molecule has 0 spiro atoms. The predicted octanol–water partition coefficient (Wildman–Crippen LogP) is 3.99. The molecular formula is C20H26N4O3. The lowest BCUT2D eigenvalue weighted by Gasteiger charge is -2.28. The molecule has 144 valence electrons. The van der Waals surface area contributed by atoms with Crippen molar-refractivity contribution >= 4 is 11.7 Å². The third-order valence-corrected chi connectivity index (χ3v) is 4.63. The number of rotatable bonds is 7. The van der Waals surface area contributed by atoms with Crippen LogP contribution in [0.25, 0.3) is 0 Å². The van der Waals surface area contributed by atoms with Gasteiger partial charge in [0.1, 0.15) is 5.75 Å². The van der Waals surface area contributed by atoms with Crippen molar-refractivity contribution < 1.29 is 14.3 Å². The number of amides is 2. The molecule has 7 nitrogen and oxygen atoms in total. The first-order chi connectivity index (χ1) is 13.2. The average Bonchev–Trinajstić information content (AvgIpc) is 2.69. The Labute approximate surface area is 159 Å². The molecule has 2 unspecified atom stereocenters. The van der Waals surface area contributed by atoms with Crippen LogP contribution in [0, 0.1) is 5.92 Å². The fourth-order valence-corrected chi connectivity index (χ4v) is 3.15. The SMILES string of the molecule is CC1CCCCC1OCCNC(=O)Nc1ccc(Oc2cnccn2)cc1. The van der Waals surface area contributed by atoms with E-state index in [1.807, 2.05) is 0 Å². The van der Waals surface area contributed by atoms with E-state index in [1.165, 1.54) is 25.5 Å². The molecule has 3 rings (SSSR count). The molecule has 1 aliphatic rings. The van der Waals surface area contributed by atoms with Crippen LogP contribution < -0.4 is 15.4 Å². The number of aromatic nitrogens is 2. The van der Waals surface area contributed by atoms with Crippen LogP contribution in [-0.4, -0.2) is 35.3 Å². The van der Waals surface area contributed by atoms with Crippen molar-refractivity contribution in [3.8, 4) is 11.6 Å². The number of nitrogens with zero attached hydrogens (tertiary/aromatic N) is 2. The first kappa shape index (κ1) is 19.1. The van der Waals surface area contributed by atoms with Crippen molar-refractivity contribution in [1.82, 2.24) is 15.3 Å². The summed E-state index contributed by atoms with van der Waals surface area (Å²) < 4.78 is 11.5. The van der Waals surface area contributed by atoms with Crippen LogP contribution in [-0.2, 0) is 4.74 Å². The van der Waals surface area contributed by atoms with E-state index in [2.05, 4.69) is 27.5 Å². The topological polar surface area (TPSA) is 85.4 Å². The molecule has 1 saturated carbocycles. The van der Waals surface area contributed by atoms with Gasteiger partial charge in [-0.15, -0.1) is 0 Å². The molecular weight excluding hydrogens is 344 g/mol. The van der Waals surface area contributed by atoms with Crippen molar-refractivity contribution in [3.05, 3.63) is 42.9 Å². The van der Waals surface area contributed by atoms with Crippen molar-refractivity contribution in [1.29, 1.82) is 0 Å². The van der Waals surface area contributed by atoms with Gasteiger partial charge >= 0.3 is 6.03 Å². The summed E-state index contributed by atoms with van der Waals surface area (Å²) in [6, 6.07) is 6.81. The fraction of sp³-hybridized carbons (Fsp3) is 0.450. The van der Waals surface area contributed by atoms with E-state index < -0.39 is 0 Å². The molecule has 2 amide bonds. The van der Waals surface area contributed by atoms with Gasteiger partial charge in [-0.25, -0.2) is 9.78 Å². The maximum absolute atomic E-state index is 12.0. The number of anilines is 1. The molecule has 0 radical (unpaired) electrons. The van der Waals surface area contributed by atoms with Gasteiger partial charge in [-0.2, -0.15) is 0 Å². The number of carbonyl (C=O) groups is 1. The van der Waals surface area contributed by atoms with Gasteiger partial charge in [-0.05, 0) is 43.0 Å². The highest BCUT2D eigenvalue weighted by molar-refractivity contribution is 5.89. The Morgan fingerprint density at radius 2 is 2.00 bits per heavy atom. The van der Waals surface area contributed by atoms with Gasteiger partial charge in [-0.1, -0.05) is 19.8 Å². The summed E-state index contributed by atoms with van der Waals surface area (Å²) in [5.74, 6) is 1.65. The van der Waals surface area contributed by atoms with Gasteiger partial charge < -0.3 is 20.1 Å². The largest absolute Gasteiger partial charge is 0.438 e. The molecule has 0 aliphatic heterocycles. The van der Waals surface area contributed by atoms with E-state index in [1.54, 1.807) is 36.7 Å². The zero-order valence-corrected chi connectivity index (χ0v) is 15.6. The van der Waals surface area contributed by atoms with Crippen LogP contribution in [0.4, 0.5) is 10.5 Å². The number of benzene rings is 1. The zero-order valence-electron chi connectivity index (χ0n) is 15.6. The highest BCUT2D eigenvalue weighted by Gasteiger charge is 2.21. The highest BCUT2D eigenvalue weighted by atomic mass is 16.5. The van der Waals surface area contributed by atoms with E-state index in [4.69, 9.17) is 9.47 Å². The summed E-state index contributed by atoms with van der Waals surface area (Å²) in [5.41, 5.74) is 0.681. The summed E-state index contributed by atoms with van der Waals surface area (Å²) >= 11 is 0. The van der Waals surface area contributed by atoms with Crippen LogP contribution in [0.15, 0.2) is 42.9 Å². The van der Waals surface area contributed by atoms with Gasteiger partial charge in [0.25, 0.3) is 0 Å². The van der Waals surface area contributed by atoms with Crippen molar-refractivity contribution in [2.24, 2.45) is 5.92 Å². The third-order valence-electron chi connectivity index (χ3n) is 4.63. The van der Waals surface area contributed by atoms with Gasteiger partial charge in [0, 0.05) is 24.6 Å². The number of hydrogen-bond acceptors (Lipinski definition) is 5. The van der Waals surface area contributed by atoms with E-state index in [0.717, 1.165) is 6.42 Å². The summed E-state index contributed by atoms with van der Waals surface area (Å²) in [6.07, 6.45) is 9.89. The molecule has 1 fully saturated rings. The summed E-state index contributed by atoms with van der Waals surface area (Å²) in [7, 11) is 0. The molecule has 2 atom stereocenters. The quantitative estimate of drug-likeness (QED) is 0.720. The number of urea groups is 1. The average molecular weight is 370 g/mol. The first-order valence-corrected chi connectivity index (χ1v) is 9.41. The number of carbonyl (C=O) groups excluding carboxylic acids is 1. The maximum atomic E-state index is 12.0. The van der Waals surface area contributed by atoms with Crippen LogP contribution >= 0.6 is 0 Å². The van der Waals surface area contributed by atoms with Crippen LogP contribution in [0.5, 0.6) is 11.6 Å². The minimum Gasteiger partial charge on any atom is -0.438 e. The van der Waals surface area contributed by atoms with E-state index in [0.29, 0.717) is 42.5 Å². The summed E-state index contributed by atoms with van der Waals surface area (Å²) in [5, 5.41) is 5.61. The number of hydrogen-bond donors (Lipinski definition) is 2. The monoisotopic (exact) mass is 370 g/mol. The smallest absolute Gasteiger partial charge is 0.319 e. The minimum absolute atomic E-state index is 0.252. The Bertz CT molecular complexity index is 709. The maximum Gasteiger partial charge on any atom is 0.319 e. The van der Waals surface area contributed by atoms with Crippen LogP contribution in [0.1, 0.15) is 32.6 Å². The molecule has 2 aromatic rings.